The van der Waals surface area contributed by atoms with Gasteiger partial charge in [-0.3, -0.25) is 24.7 Å². The van der Waals surface area contributed by atoms with Crippen molar-refractivity contribution in [3.05, 3.63) is 28.3 Å². The molecule has 1 aliphatic rings. The summed E-state index contributed by atoms with van der Waals surface area (Å²) in [4.78, 5) is 26.6. The van der Waals surface area contributed by atoms with E-state index in [1.807, 2.05) is 20.8 Å². The number of nitrogens with zero attached hydrogens (tertiary/aromatic N) is 3. The van der Waals surface area contributed by atoms with Crippen LogP contribution in [0.1, 0.15) is 27.2 Å². The van der Waals surface area contributed by atoms with Gasteiger partial charge in [0.1, 0.15) is 11.3 Å². The third-order valence-electron chi connectivity index (χ3n) is 5.13. The quantitative estimate of drug-likeness (QED) is 0.183. The largest absolute Gasteiger partial charge is 0.460 e. The second-order valence-electron chi connectivity index (χ2n) is 9.04. The Hall–Kier alpha value is -2.32. The Kier molecular flexibility index (Phi) is 10.2. The number of ether oxygens (including phenoxy) is 2. The highest BCUT2D eigenvalue weighted by molar-refractivity contribution is 7.89. The minimum Gasteiger partial charge on any atom is -0.460 e. The van der Waals surface area contributed by atoms with Crippen LogP contribution in [0.5, 0.6) is 0 Å². The molecule has 2 rings (SSSR count). The Labute approximate surface area is 200 Å². The van der Waals surface area contributed by atoms with Gasteiger partial charge in [0.15, 0.2) is 0 Å². The molecule has 0 saturated carbocycles. The van der Waals surface area contributed by atoms with Crippen molar-refractivity contribution >= 4 is 27.4 Å². The van der Waals surface area contributed by atoms with Crippen molar-refractivity contribution in [3.63, 3.8) is 0 Å². The molecule has 0 aromatic heterocycles. The van der Waals surface area contributed by atoms with Gasteiger partial charge < -0.3 is 14.8 Å². The number of anilines is 1. The predicted molar refractivity (Wildman–Crippen MR) is 127 cm³/mol. The highest BCUT2D eigenvalue weighted by Gasteiger charge is 2.20. The van der Waals surface area contributed by atoms with Crippen LogP contribution in [0.3, 0.4) is 0 Å². The fourth-order valence-corrected chi connectivity index (χ4v) is 3.95. The fraction of sp³-hybridized carbons (Fsp3) is 0.667. The van der Waals surface area contributed by atoms with Crippen molar-refractivity contribution in [2.45, 2.75) is 37.7 Å². The molecule has 192 valence electrons. The number of sulfonamides is 1. The van der Waals surface area contributed by atoms with Crippen LogP contribution >= 0.6 is 0 Å². The standard InChI is InChI=1S/C21H35N5O7S/c1-21(2,3)33-20(27)6-14-32-15-13-25-11-9-24(10-12-25)8-7-23-18-5-4-17(34(22,30)31)16-19(18)26(28)29/h4-5,16,23H,6-15H2,1-3H3,(H2,22,30,31). The topological polar surface area (TPSA) is 157 Å². The number of hydrogen-bond donors (Lipinski definition) is 2. The van der Waals surface area contributed by atoms with E-state index in [4.69, 9.17) is 14.6 Å². The Bertz CT molecular complexity index is 941. The number of rotatable bonds is 12. The third-order valence-corrected chi connectivity index (χ3v) is 6.04. The SMILES string of the molecule is CC(C)(C)OC(=O)CCOCCN1CCN(CCNc2ccc(S(N)(=O)=O)cc2[N+](=O)[O-])CC1. The van der Waals surface area contributed by atoms with Gasteiger partial charge in [0.2, 0.25) is 10.0 Å². The van der Waals surface area contributed by atoms with Crippen molar-refractivity contribution in [2.75, 3.05) is 64.3 Å². The Balaban J connectivity index is 1.65. The summed E-state index contributed by atoms with van der Waals surface area (Å²) in [7, 11) is -4.01. The van der Waals surface area contributed by atoms with E-state index in [9.17, 15) is 23.3 Å². The zero-order valence-electron chi connectivity index (χ0n) is 20.0. The van der Waals surface area contributed by atoms with E-state index in [0.717, 1.165) is 38.8 Å². The van der Waals surface area contributed by atoms with Crippen LogP contribution in [0.2, 0.25) is 0 Å². The number of carbonyl (C=O) groups excluding carboxylic acids is 1. The van der Waals surface area contributed by atoms with E-state index in [1.54, 1.807) is 0 Å². The molecule has 0 radical (unpaired) electrons. The van der Waals surface area contributed by atoms with E-state index >= 15 is 0 Å². The van der Waals surface area contributed by atoms with Crippen LogP contribution < -0.4 is 10.5 Å². The smallest absolute Gasteiger partial charge is 0.308 e. The van der Waals surface area contributed by atoms with Crippen molar-refractivity contribution in [1.29, 1.82) is 0 Å². The van der Waals surface area contributed by atoms with Crippen LogP contribution in [0.15, 0.2) is 23.1 Å². The first-order chi connectivity index (χ1) is 15.8. The van der Waals surface area contributed by atoms with Crippen LogP contribution in [0, 0.1) is 10.1 Å². The first-order valence-electron chi connectivity index (χ1n) is 11.1. The number of carbonyl (C=O) groups is 1. The molecular formula is C21H35N5O7S. The summed E-state index contributed by atoms with van der Waals surface area (Å²) in [6, 6.07) is 3.57. The van der Waals surface area contributed by atoms with Crippen molar-refractivity contribution < 1.29 is 27.6 Å². The molecule has 1 fully saturated rings. The van der Waals surface area contributed by atoms with E-state index in [1.165, 1.54) is 12.1 Å². The van der Waals surface area contributed by atoms with Crippen molar-refractivity contribution in [3.8, 4) is 0 Å². The molecule has 1 heterocycles. The second-order valence-corrected chi connectivity index (χ2v) is 10.6. The number of nitro groups is 1. The molecule has 1 aromatic carbocycles. The highest BCUT2D eigenvalue weighted by Crippen LogP contribution is 2.27. The van der Waals surface area contributed by atoms with Gasteiger partial charge in [-0.1, -0.05) is 0 Å². The molecule has 1 aromatic rings. The summed E-state index contributed by atoms with van der Waals surface area (Å²) < 4.78 is 33.7. The lowest BCUT2D eigenvalue weighted by Gasteiger charge is -2.34. The normalized spacial score (nSPS) is 15.8. The van der Waals surface area contributed by atoms with E-state index in [2.05, 4.69) is 15.1 Å². The summed E-state index contributed by atoms with van der Waals surface area (Å²) in [5.74, 6) is -0.264. The van der Waals surface area contributed by atoms with Gasteiger partial charge in [-0.25, -0.2) is 13.6 Å². The van der Waals surface area contributed by atoms with Crippen molar-refractivity contribution in [2.24, 2.45) is 5.14 Å². The maximum atomic E-state index is 11.7. The van der Waals surface area contributed by atoms with Gasteiger partial charge in [-0.15, -0.1) is 0 Å². The number of nitrogens with two attached hydrogens (primary N) is 1. The van der Waals surface area contributed by atoms with Gasteiger partial charge in [0, 0.05) is 51.9 Å². The molecular weight excluding hydrogens is 466 g/mol. The third kappa shape index (κ3) is 9.89. The molecule has 0 unspecified atom stereocenters. The summed E-state index contributed by atoms with van der Waals surface area (Å²) in [5, 5.41) is 19.4. The predicted octanol–water partition coefficient (Wildman–Crippen LogP) is 1.02. The Morgan fingerprint density at radius 2 is 1.76 bits per heavy atom. The van der Waals surface area contributed by atoms with Crippen LogP contribution in [-0.2, 0) is 24.3 Å². The first kappa shape index (κ1) is 27.9. The van der Waals surface area contributed by atoms with Crippen LogP contribution in [0.4, 0.5) is 11.4 Å². The number of benzene rings is 1. The van der Waals surface area contributed by atoms with E-state index < -0.39 is 20.5 Å². The minimum absolute atomic E-state index is 0.237. The van der Waals surface area contributed by atoms with E-state index in [-0.39, 0.29) is 28.7 Å². The number of esters is 1. The summed E-state index contributed by atoms with van der Waals surface area (Å²) in [6.45, 7) is 11.8. The number of piperazine rings is 1. The summed E-state index contributed by atoms with van der Waals surface area (Å²) in [5.41, 5.74) is -0.568. The monoisotopic (exact) mass is 501 g/mol. The zero-order valence-corrected chi connectivity index (χ0v) is 20.8. The fourth-order valence-electron chi connectivity index (χ4n) is 3.42. The maximum absolute atomic E-state index is 11.7. The maximum Gasteiger partial charge on any atom is 0.308 e. The molecule has 0 atom stereocenters. The molecule has 12 nitrogen and oxygen atoms in total. The lowest BCUT2D eigenvalue weighted by molar-refractivity contribution is -0.384. The van der Waals surface area contributed by atoms with Gasteiger partial charge in [0.05, 0.1) is 29.5 Å². The van der Waals surface area contributed by atoms with Gasteiger partial charge >= 0.3 is 5.97 Å². The molecule has 0 bridgehead atoms. The molecule has 0 amide bonds. The molecule has 34 heavy (non-hydrogen) atoms. The van der Waals surface area contributed by atoms with Gasteiger partial charge in [0.25, 0.3) is 5.69 Å². The number of nitro benzene ring substituents is 1. The first-order valence-corrected chi connectivity index (χ1v) is 12.7. The molecule has 3 N–H and O–H groups in total. The second kappa shape index (κ2) is 12.4. The summed E-state index contributed by atoms with van der Waals surface area (Å²) >= 11 is 0. The molecule has 13 heteroatoms. The number of hydrogen-bond acceptors (Lipinski definition) is 10. The molecule has 0 spiro atoms. The highest BCUT2D eigenvalue weighted by atomic mass is 32.2. The lowest BCUT2D eigenvalue weighted by Crippen LogP contribution is -2.48. The Morgan fingerprint density at radius 3 is 2.32 bits per heavy atom. The molecule has 0 aliphatic carbocycles. The zero-order chi connectivity index (χ0) is 25.4. The van der Waals surface area contributed by atoms with Gasteiger partial charge in [-0.05, 0) is 32.9 Å². The number of primary sulfonamides is 1. The van der Waals surface area contributed by atoms with E-state index in [0.29, 0.717) is 26.3 Å². The molecule has 1 saturated heterocycles. The van der Waals surface area contributed by atoms with Gasteiger partial charge in [-0.2, -0.15) is 0 Å². The van der Waals surface area contributed by atoms with Crippen molar-refractivity contribution in [1.82, 2.24) is 9.80 Å². The number of nitrogens with one attached hydrogen (secondary N) is 1. The van der Waals surface area contributed by atoms with Crippen LogP contribution in [0.25, 0.3) is 0 Å². The minimum atomic E-state index is -4.01. The average Bonchev–Trinajstić information content (AvgIpc) is 2.72. The Morgan fingerprint density at radius 1 is 1.15 bits per heavy atom. The molecule has 1 aliphatic heterocycles. The summed E-state index contributed by atoms with van der Waals surface area (Å²) in [6.07, 6.45) is 0.237. The van der Waals surface area contributed by atoms with Crippen LogP contribution in [-0.4, -0.2) is 93.7 Å². The average molecular weight is 502 g/mol. The lowest BCUT2D eigenvalue weighted by atomic mass is 10.2.